The second-order valence-electron chi connectivity index (χ2n) is 9.47. The van der Waals surface area contributed by atoms with Crippen LogP contribution in [-0.4, -0.2) is 11.1 Å². The van der Waals surface area contributed by atoms with Crippen LogP contribution in [0.2, 0.25) is 0 Å². The van der Waals surface area contributed by atoms with E-state index in [0.29, 0.717) is 12.2 Å². The molecule has 4 nitrogen and oxygen atoms in total. The maximum atomic E-state index is 12.6. The van der Waals surface area contributed by atoms with Crippen LogP contribution in [0.4, 0.5) is 5.82 Å². The van der Waals surface area contributed by atoms with E-state index >= 15 is 0 Å². The van der Waals surface area contributed by atoms with Gasteiger partial charge in [-0.15, -0.1) is 0 Å². The van der Waals surface area contributed by atoms with E-state index in [-0.39, 0.29) is 16.7 Å². The van der Waals surface area contributed by atoms with E-state index in [1.807, 2.05) is 6.07 Å². The number of amides is 1. The average molecular weight is 316 g/mol. The maximum Gasteiger partial charge on any atom is 0.226 e. The van der Waals surface area contributed by atoms with Gasteiger partial charge in [0.15, 0.2) is 5.82 Å². The monoisotopic (exact) mass is 316 g/mol. The molecule has 1 heterocycles. The first kappa shape index (κ1) is 15.2. The largest absolute Gasteiger partial charge is 0.359 e. The Morgan fingerprint density at radius 2 is 1.78 bits per heavy atom. The van der Waals surface area contributed by atoms with Gasteiger partial charge in [-0.2, -0.15) is 0 Å². The number of rotatable bonds is 3. The van der Waals surface area contributed by atoms with Crippen molar-refractivity contribution in [3.05, 3.63) is 11.8 Å². The summed E-state index contributed by atoms with van der Waals surface area (Å²) in [4.78, 5) is 12.6. The van der Waals surface area contributed by atoms with Gasteiger partial charge >= 0.3 is 0 Å². The molecule has 126 valence electrons. The van der Waals surface area contributed by atoms with Gasteiger partial charge in [0.25, 0.3) is 0 Å². The van der Waals surface area contributed by atoms with E-state index in [4.69, 9.17) is 4.52 Å². The molecule has 4 fully saturated rings. The van der Waals surface area contributed by atoms with Crippen molar-refractivity contribution in [2.45, 2.75) is 71.1 Å². The number of carbonyl (C=O) groups is 1. The Labute approximate surface area is 138 Å². The SMILES string of the molecule is CC(C)(C)c1cc(NC(=O)CC23CC4CC(CC(C4)C2)C3)no1. The van der Waals surface area contributed by atoms with Crippen LogP contribution in [0.25, 0.3) is 0 Å². The Hall–Kier alpha value is -1.32. The van der Waals surface area contributed by atoms with Crippen molar-refractivity contribution < 1.29 is 9.32 Å². The van der Waals surface area contributed by atoms with Crippen molar-refractivity contribution in [3.8, 4) is 0 Å². The summed E-state index contributed by atoms with van der Waals surface area (Å²) in [5.41, 5.74) is 0.186. The van der Waals surface area contributed by atoms with E-state index in [9.17, 15) is 4.79 Å². The first-order valence-corrected chi connectivity index (χ1v) is 9.08. The summed E-state index contributed by atoms with van der Waals surface area (Å²) >= 11 is 0. The minimum atomic E-state index is -0.0874. The average Bonchev–Trinajstić information content (AvgIpc) is 2.84. The molecule has 4 saturated carbocycles. The quantitative estimate of drug-likeness (QED) is 0.892. The third-order valence-corrected chi connectivity index (χ3v) is 6.22. The summed E-state index contributed by atoms with van der Waals surface area (Å²) in [6.45, 7) is 6.23. The smallest absolute Gasteiger partial charge is 0.226 e. The van der Waals surface area contributed by atoms with E-state index in [2.05, 4.69) is 31.2 Å². The summed E-state index contributed by atoms with van der Waals surface area (Å²) in [5.74, 6) is 4.13. The zero-order valence-corrected chi connectivity index (χ0v) is 14.5. The van der Waals surface area contributed by atoms with Crippen molar-refractivity contribution in [1.82, 2.24) is 5.16 Å². The van der Waals surface area contributed by atoms with Gasteiger partial charge in [0.05, 0.1) is 0 Å². The van der Waals surface area contributed by atoms with Gasteiger partial charge < -0.3 is 9.84 Å². The maximum absolute atomic E-state index is 12.6. The fourth-order valence-electron chi connectivity index (χ4n) is 5.72. The molecule has 1 aromatic heterocycles. The second kappa shape index (κ2) is 5.09. The Morgan fingerprint density at radius 3 is 2.26 bits per heavy atom. The third-order valence-electron chi connectivity index (χ3n) is 6.22. The zero-order valence-electron chi connectivity index (χ0n) is 14.5. The first-order chi connectivity index (χ1) is 10.8. The molecule has 4 heteroatoms. The molecule has 0 radical (unpaired) electrons. The molecule has 4 bridgehead atoms. The molecule has 5 rings (SSSR count). The highest BCUT2D eigenvalue weighted by atomic mass is 16.5. The number of anilines is 1. The summed E-state index contributed by atoms with van der Waals surface area (Å²) in [7, 11) is 0. The lowest BCUT2D eigenvalue weighted by atomic mass is 9.49. The van der Waals surface area contributed by atoms with Crippen molar-refractivity contribution in [3.63, 3.8) is 0 Å². The minimum Gasteiger partial charge on any atom is -0.359 e. The Balaban J connectivity index is 1.41. The van der Waals surface area contributed by atoms with Crippen LogP contribution in [0.3, 0.4) is 0 Å². The topological polar surface area (TPSA) is 55.1 Å². The zero-order chi connectivity index (χ0) is 16.2. The number of nitrogens with one attached hydrogen (secondary N) is 1. The highest BCUT2D eigenvalue weighted by molar-refractivity contribution is 5.90. The van der Waals surface area contributed by atoms with E-state index in [0.717, 1.165) is 23.5 Å². The molecule has 4 aliphatic carbocycles. The number of hydrogen-bond acceptors (Lipinski definition) is 3. The van der Waals surface area contributed by atoms with Crippen LogP contribution in [0, 0.1) is 23.2 Å². The summed E-state index contributed by atoms with van der Waals surface area (Å²) in [6, 6.07) is 1.86. The van der Waals surface area contributed by atoms with Gasteiger partial charge in [-0.1, -0.05) is 25.9 Å². The normalized spacial score (nSPS) is 35.5. The van der Waals surface area contributed by atoms with Gasteiger partial charge in [-0.3, -0.25) is 4.79 Å². The fraction of sp³-hybridized carbons (Fsp3) is 0.789. The molecule has 0 aliphatic heterocycles. The molecule has 4 aliphatic rings. The molecule has 0 aromatic carbocycles. The van der Waals surface area contributed by atoms with Crippen LogP contribution < -0.4 is 5.32 Å². The van der Waals surface area contributed by atoms with Gasteiger partial charge in [0.2, 0.25) is 5.91 Å². The molecule has 0 unspecified atom stereocenters. The van der Waals surface area contributed by atoms with Crippen molar-refractivity contribution in [1.29, 1.82) is 0 Å². The second-order valence-corrected chi connectivity index (χ2v) is 9.47. The molecule has 23 heavy (non-hydrogen) atoms. The van der Waals surface area contributed by atoms with E-state index in [1.165, 1.54) is 38.5 Å². The molecule has 0 spiro atoms. The van der Waals surface area contributed by atoms with Crippen molar-refractivity contribution >= 4 is 11.7 Å². The molecule has 1 aromatic rings. The minimum absolute atomic E-state index is 0.0874. The lowest BCUT2D eigenvalue weighted by molar-refractivity contribution is -0.124. The number of carbonyl (C=O) groups excluding carboxylic acids is 1. The summed E-state index contributed by atoms with van der Waals surface area (Å²) in [6.07, 6.45) is 8.70. The Bertz CT molecular complexity index is 576. The van der Waals surface area contributed by atoms with Gasteiger partial charge in [-0.05, 0) is 61.7 Å². The highest BCUT2D eigenvalue weighted by Crippen LogP contribution is 2.61. The van der Waals surface area contributed by atoms with Crippen molar-refractivity contribution in [2.75, 3.05) is 5.32 Å². The molecular formula is C19H28N2O2. The lowest BCUT2D eigenvalue weighted by Gasteiger charge is -2.56. The van der Waals surface area contributed by atoms with Crippen LogP contribution in [-0.2, 0) is 10.2 Å². The Kier molecular flexibility index (Phi) is 3.37. The molecule has 0 saturated heterocycles. The highest BCUT2D eigenvalue weighted by Gasteiger charge is 2.51. The number of nitrogens with zero attached hydrogens (tertiary/aromatic N) is 1. The summed E-state index contributed by atoms with van der Waals surface area (Å²) < 4.78 is 5.36. The van der Waals surface area contributed by atoms with E-state index in [1.54, 1.807) is 0 Å². The molecule has 0 atom stereocenters. The lowest BCUT2D eigenvalue weighted by Crippen LogP contribution is -2.47. The van der Waals surface area contributed by atoms with Gasteiger partial charge in [0.1, 0.15) is 5.76 Å². The standard InChI is InChI=1S/C19H28N2O2/c1-18(2,3)15-7-16(21-23-15)20-17(22)11-19-8-12-4-13(9-19)6-14(5-12)10-19/h7,12-14H,4-6,8-11H2,1-3H3,(H,20,21,22). The van der Waals surface area contributed by atoms with Gasteiger partial charge in [0, 0.05) is 17.9 Å². The fourth-order valence-corrected chi connectivity index (χ4v) is 5.72. The van der Waals surface area contributed by atoms with Crippen molar-refractivity contribution in [2.24, 2.45) is 23.2 Å². The predicted octanol–water partition coefficient (Wildman–Crippen LogP) is 4.52. The van der Waals surface area contributed by atoms with Crippen LogP contribution >= 0.6 is 0 Å². The van der Waals surface area contributed by atoms with E-state index < -0.39 is 0 Å². The van der Waals surface area contributed by atoms with Crippen LogP contribution in [0.15, 0.2) is 10.6 Å². The van der Waals surface area contributed by atoms with Gasteiger partial charge in [-0.25, -0.2) is 0 Å². The number of aromatic nitrogens is 1. The first-order valence-electron chi connectivity index (χ1n) is 9.08. The number of hydrogen-bond donors (Lipinski definition) is 1. The predicted molar refractivity (Wildman–Crippen MR) is 89.1 cm³/mol. The molecular weight excluding hydrogens is 288 g/mol. The summed E-state index contributed by atoms with van der Waals surface area (Å²) in [5, 5.41) is 6.98. The third kappa shape index (κ3) is 2.92. The van der Waals surface area contributed by atoms with Crippen LogP contribution in [0.1, 0.15) is 71.5 Å². The molecule has 1 amide bonds. The molecule has 1 N–H and O–H groups in total. The Morgan fingerprint density at radius 1 is 1.22 bits per heavy atom. The van der Waals surface area contributed by atoms with Crippen LogP contribution in [0.5, 0.6) is 0 Å².